The molecule has 2 heterocycles. The molecular weight excluding hydrogens is 360 g/mol. The summed E-state index contributed by atoms with van der Waals surface area (Å²) in [5.41, 5.74) is 2.66. The summed E-state index contributed by atoms with van der Waals surface area (Å²) in [4.78, 5) is 14.0. The van der Waals surface area contributed by atoms with E-state index in [1.165, 1.54) is 6.07 Å². The summed E-state index contributed by atoms with van der Waals surface area (Å²) in [7, 11) is 0. The second-order valence-electron chi connectivity index (χ2n) is 5.09. The van der Waals surface area contributed by atoms with Gasteiger partial charge in [0, 0.05) is 11.1 Å². The Balaban J connectivity index is 2.39. The number of nitrogens with two attached hydrogens (primary N) is 1. The molecular formula is C15H6F4N4O3. The zero-order valence-electron chi connectivity index (χ0n) is 12.4. The number of H-pyrrole nitrogens is 1. The number of benzene rings is 1. The van der Waals surface area contributed by atoms with E-state index in [1.807, 2.05) is 0 Å². The molecule has 1 aromatic heterocycles. The molecule has 7 nitrogen and oxygen atoms in total. The van der Waals surface area contributed by atoms with Crippen molar-refractivity contribution >= 4 is 5.82 Å². The van der Waals surface area contributed by atoms with Crippen molar-refractivity contribution in [2.75, 3.05) is 5.73 Å². The standard InChI is InChI=1S/C15H6F4N4O3/c16-14(17)15(18,19)26-11-6(2-1-3-9(11)25-14)10-7(4-20)12(22)23-13(24)8(10)5-21/h1-3H,(H3,22,23,24). The fourth-order valence-corrected chi connectivity index (χ4v) is 2.40. The van der Waals surface area contributed by atoms with Crippen molar-refractivity contribution in [2.24, 2.45) is 0 Å². The smallest absolute Gasteiger partial charge is 0.421 e. The maximum atomic E-state index is 13.6. The minimum absolute atomic E-state index is 0.399. The Hall–Kier alpha value is -3.73. The summed E-state index contributed by atoms with van der Waals surface area (Å²) in [5, 5.41) is 18.5. The van der Waals surface area contributed by atoms with Crippen molar-refractivity contribution in [1.29, 1.82) is 10.5 Å². The Labute approximate surface area is 141 Å². The number of nitrogens with one attached hydrogen (secondary N) is 1. The molecule has 0 unspecified atom stereocenters. The molecule has 1 aliphatic rings. The molecule has 0 amide bonds. The van der Waals surface area contributed by atoms with Crippen molar-refractivity contribution in [3.63, 3.8) is 0 Å². The van der Waals surface area contributed by atoms with Gasteiger partial charge in [-0.1, -0.05) is 12.1 Å². The molecule has 0 saturated carbocycles. The third-order valence-corrected chi connectivity index (χ3v) is 3.52. The molecule has 2 aromatic rings. The van der Waals surface area contributed by atoms with Crippen molar-refractivity contribution in [1.82, 2.24) is 4.98 Å². The summed E-state index contributed by atoms with van der Waals surface area (Å²) in [5.74, 6) is -2.05. The van der Waals surface area contributed by atoms with Crippen molar-refractivity contribution in [3.8, 4) is 34.8 Å². The van der Waals surface area contributed by atoms with Crippen LogP contribution in [0.2, 0.25) is 0 Å². The van der Waals surface area contributed by atoms with E-state index in [9.17, 15) is 32.9 Å². The molecule has 0 spiro atoms. The van der Waals surface area contributed by atoms with Gasteiger partial charge in [0.2, 0.25) is 0 Å². The van der Waals surface area contributed by atoms with Gasteiger partial charge < -0.3 is 20.2 Å². The first-order chi connectivity index (χ1) is 12.1. The number of aromatic amines is 1. The van der Waals surface area contributed by atoms with E-state index in [0.29, 0.717) is 0 Å². The lowest BCUT2D eigenvalue weighted by molar-refractivity contribution is -0.391. The van der Waals surface area contributed by atoms with Crippen LogP contribution in [0.1, 0.15) is 11.1 Å². The van der Waals surface area contributed by atoms with Crippen molar-refractivity contribution < 1.29 is 27.0 Å². The van der Waals surface area contributed by atoms with Gasteiger partial charge in [-0.15, -0.1) is 0 Å². The number of fused-ring (bicyclic) bond motifs is 1. The average molecular weight is 366 g/mol. The van der Waals surface area contributed by atoms with Gasteiger partial charge in [0.05, 0.1) is 0 Å². The minimum atomic E-state index is -5.03. The van der Waals surface area contributed by atoms with Crippen molar-refractivity contribution in [3.05, 3.63) is 39.7 Å². The van der Waals surface area contributed by atoms with Gasteiger partial charge in [-0.3, -0.25) is 4.79 Å². The number of anilines is 1. The fourth-order valence-electron chi connectivity index (χ4n) is 2.40. The lowest BCUT2D eigenvalue weighted by atomic mass is 9.95. The Morgan fingerprint density at radius 2 is 1.65 bits per heavy atom. The van der Waals surface area contributed by atoms with Crippen LogP contribution in [0.15, 0.2) is 23.0 Å². The van der Waals surface area contributed by atoms with E-state index in [-0.39, 0.29) is 0 Å². The SMILES string of the molecule is N#Cc1c(N)[nH]c(=O)c(C#N)c1-c1cccc2c1OC(F)(F)C(F)(F)O2. The number of nitrogen functional groups attached to an aromatic ring is 1. The molecule has 0 atom stereocenters. The summed E-state index contributed by atoms with van der Waals surface area (Å²) in [6, 6.07) is 6.31. The van der Waals surface area contributed by atoms with Crippen LogP contribution in [0.4, 0.5) is 23.4 Å². The number of aromatic nitrogens is 1. The summed E-state index contributed by atoms with van der Waals surface area (Å²) in [6.07, 6.45) is -9.97. The lowest BCUT2D eigenvalue weighted by Gasteiger charge is -2.33. The van der Waals surface area contributed by atoms with Crippen LogP contribution in [-0.4, -0.2) is 17.2 Å². The molecule has 3 rings (SSSR count). The third kappa shape index (κ3) is 2.29. The van der Waals surface area contributed by atoms with Gasteiger partial charge >= 0.3 is 12.2 Å². The molecule has 1 aromatic carbocycles. The number of alkyl halides is 4. The zero-order chi connectivity index (χ0) is 19.3. The molecule has 132 valence electrons. The first-order valence-corrected chi connectivity index (χ1v) is 6.76. The average Bonchev–Trinajstić information content (AvgIpc) is 2.54. The first-order valence-electron chi connectivity index (χ1n) is 6.76. The molecule has 3 N–H and O–H groups in total. The van der Waals surface area contributed by atoms with Gasteiger partial charge in [-0.2, -0.15) is 28.1 Å². The van der Waals surface area contributed by atoms with Gasteiger partial charge in [0.1, 0.15) is 29.1 Å². The van der Waals surface area contributed by atoms with Crippen LogP contribution < -0.4 is 20.8 Å². The predicted molar refractivity (Wildman–Crippen MR) is 77.5 cm³/mol. The number of rotatable bonds is 1. The highest BCUT2D eigenvalue weighted by atomic mass is 19.3. The van der Waals surface area contributed by atoms with E-state index in [2.05, 4.69) is 14.5 Å². The number of para-hydroxylation sites is 1. The number of ether oxygens (including phenoxy) is 2. The number of nitriles is 2. The quantitative estimate of drug-likeness (QED) is 0.746. The van der Waals surface area contributed by atoms with Crippen LogP contribution in [0, 0.1) is 22.7 Å². The highest BCUT2D eigenvalue weighted by Crippen LogP contribution is 2.51. The highest BCUT2D eigenvalue weighted by Gasteiger charge is 2.66. The van der Waals surface area contributed by atoms with Gasteiger partial charge in [0.25, 0.3) is 5.56 Å². The zero-order valence-corrected chi connectivity index (χ0v) is 12.4. The topological polar surface area (TPSA) is 125 Å². The third-order valence-electron chi connectivity index (χ3n) is 3.52. The van der Waals surface area contributed by atoms with Gasteiger partial charge in [-0.05, 0) is 6.07 Å². The number of nitrogens with zero attached hydrogens (tertiary/aromatic N) is 2. The van der Waals surface area contributed by atoms with E-state index >= 15 is 0 Å². The Bertz CT molecular complexity index is 1070. The molecule has 0 radical (unpaired) electrons. The maximum absolute atomic E-state index is 13.6. The van der Waals surface area contributed by atoms with Crippen molar-refractivity contribution in [2.45, 2.75) is 12.2 Å². The first kappa shape index (κ1) is 17.1. The van der Waals surface area contributed by atoms with Crippen LogP contribution in [0.25, 0.3) is 11.1 Å². The maximum Gasteiger partial charge on any atom is 0.507 e. The minimum Gasteiger partial charge on any atom is -0.421 e. The molecule has 26 heavy (non-hydrogen) atoms. The second-order valence-corrected chi connectivity index (χ2v) is 5.09. The molecule has 1 aliphatic heterocycles. The van der Waals surface area contributed by atoms with E-state index in [1.54, 1.807) is 6.07 Å². The number of pyridine rings is 1. The van der Waals surface area contributed by atoms with Crippen LogP contribution in [-0.2, 0) is 0 Å². The Kier molecular flexibility index (Phi) is 3.55. The summed E-state index contributed by atoms with van der Waals surface area (Å²) < 4.78 is 61.9. The van der Waals surface area contributed by atoms with Crippen LogP contribution in [0.5, 0.6) is 11.5 Å². The molecule has 0 bridgehead atoms. The molecule has 0 saturated heterocycles. The monoisotopic (exact) mass is 366 g/mol. The van der Waals surface area contributed by atoms with E-state index < -0.39 is 57.3 Å². The molecule has 0 aliphatic carbocycles. The Morgan fingerprint density at radius 3 is 2.27 bits per heavy atom. The largest absolute Gasteiger partial charge is 0.507 e. The van der Waals surface area contributed by atoms with Gasteiger partial charge in [0.15, 0.2) is 11.5 Å². The highest BCUT2D eigenvalue weighted by molar-refractivity contribution is 5.85. The predicted octanol–water partition coefficient (Wildman–Crippen LogP) is 2.32. The normalized spacial score (nSPS) is 16.4. The number of hydrogen-bond acceptors (Lipinski definition) is 6. The summed E-state index contributed by atoms with van der Waals surface area (Å²) >= 11 is 0. The Morgan fingerprint density at radius 1 is 1.04 bits per heavy atom. The lowest BCUT2D eigenvalue weighted by Crippen LogP contribution is -2.52. The number of hydrogen-bond donors (Lipinski definition) is 2. The van der Waals surface area contributed by atoms with Crippen LogP contribution in [0.3, 0.4) is 0 Å². The van der Waals surface area contributed by atoms with E-state index in [0.717, 1.165) is 18.2 Å². The fraction of sp³-hybridized carbons (Fsp3) is 0.133. The van der Waals surface area contributed by atoms with Crippen LogP contribution >= 0.6 is 0 Å². The van der Waals surface area contributed by atoms with Gasteiger partial charge in [-0.25, -0.2) is 0 Å². The van der Waals surface area contributed by atoms with E-state index in [4.69, 9.17) is 5.73 Å². The second kappa shape index (κ2) is 5.39. The number of halogens is 4. The molecule has 11 heteroatoms. The molecule has 0 fully saturated rings. The summed E-state index contributed by atoms with van der Waals surface area (Å²) in [6.45, 7) is 0.